The molecule has 0 aliphatic carbocycles. The minimum atomic E-state index is -1.90. The van der Waals surface area contributed by atoms with Crippen molar-refractivity contribution in [1.82, 2.24) is 9.78 Å². The molecule has 1 fully saturated rings. The number of fused-ring (bicyclic) bond motifs is 1. The summed E-state index contributed by atoms with van der Waals surface area (Å²) >= 11 is 0. The van der Waals surface area contributed by atoms with Crippen molar-refractivity contribution in [3.05, 3.63) is 23.9 Å². The smallest absolute Gasteiger partial charge is 0.250 e. The Labute approximate surface area is 151 Å². The molecule has 138 valence electrons. The summed E-state index contributed by atoms with van der Waals surface area (Å²) < 4.78 is 14.2. The van der Waals surface area contributed by atoms with E-state index in [0.717, 1.165) is 42.5 Å². The van der Waals surface area contributed by atoms with Gasteiger partial charge in [-0.3, -0.25) is 0 Å². The van der Waals surface area contributed by atoms with E-state index in [0.29, 0.717) is 5.69 Å². The number of benzene rings is 1. The number of aliphatic hydroxyl groups is 1. The van der Waals surface area contributed by atoms with Crippen LogP contribution in [0, 0.1) is 0 Å². The number of rotatable bonds is 4. The molecule has 1 saturated heterocycles. The second-order valence-corrected chi connectivity index (χ2v) is 13.1. The molecule has 0 bridgehead atoms. The first-order valence-corrected chi connectivity index (χ1v) is 12.1. The van der Waals surface area contributed by atoms with Crippen LogP contribution in [-0.2, 0) is 11.3 Å². The molecule has 1 unspecified atom stereocenters. The lowest BCUT2D eigenvalue weighted by Gasteiger charge is -2.36. The third-order valence-electron chi connectivity index (χ3n) is 5.51. The highest BCUT2D eigenvalue weighted by Crippen LogP contribution is 2.38. The highest BCUT2D eigenvalue weighted by atomic mass is 28.4. The van der Waals surface area contributed by atoms with Gasteiger partial charge < -0.3 is 14.3 Å². The standard InChI is InChI=1S/C19H30N2O3Si/c1-19(2,3)25(4,5)24-14-9-10-17-15(12-14)16(13-22)20-21(17)18-8-6-7-11-23-18/h9-10,12,18,22H,6-8,11,13H2,1-5H3. The van der Waals surface area contributed by atoms with Crippen LogP contribution in [0.4, 0.5) is 0 Å². The van der Waals surface area contributed by atoms with E-state index < -0.39 is 8.32 Å². The quantitative estimate of drug-likeness (QED) is 0.807. The van der Waals surface area contributed by atoms with Crippen molar-refractivity contribution in [3.63, 3.8) is 0 Å². The first kappa shape index (κ1) is 18.4. The molecule has 0 saturated carbocycles. The Kier molecular flexibility index (Phi) is 4.97. The predicted molar refractivity (Wildman–Crippen MR) is 102 cm³/mol. The fraction of sp³-hybridized carbons (Fsp3) is 0.632. The van der Waals surface area contributed by atoms with E-state index in [2.05, 4.69) is 39.0 Å². The number of ether oxygens (including phenoxy) is 1. The molecule has 1 aromatic carbocycles. The van der Waals surface area contributed by atoms with Gasteiger partial charge >= 0.3 is 0 Å². The molecule has 5 nitrogen and oxygen atoms in total. The van der Waals surface area contributed by atoms with E-state index in [4.69, 9.17) is 9.16 Å². The summed E-state index contributed by atoms with van der Waals surface area (Å²) in [4.78, 5) is 0. The Hall–Kier alpha value is -1.37. The topological polar surface area (TPSA) is 56.5 Å². The number of hydrogen-bond acceptors (Lipinski definition) is 4. The van der Waals surface area contributed by atoms with Gasteiger partial charge in [0.25, 0.3) is 0 Å². The van der Waals surface area contributed by atoms with Crippen LogP contribution in [-0.4, -0.2) is 29.8 Å². The summed E-state index contributed by atoms with van der Waals surface area (Å²) in [6.07, 6.45) is 3.17. The fourth-order valence-electron chi connectivity index (χ4n) is 2.95. The summed E-state index contributed by atoms with van der Waals surface area (Å²) in [6, 6.07) is 6.08. The van der Waals surface area contributed by atoms with Crippen molar-refractivity contribution in [1.29, 1.82) is 0 Å². The van der Waals surface area contributed by atoms with Crippen LogP contribution >= 0.6 is 0 Å². The Morgan fingerprint density at radius 1 is 1.32 bits per heavy atom. The molecule has 0 amide bonds. The molecule has 1 atom stereocenters. The van der Waals surface area contributed by atoms with Crippen molar-refractivity contribution >= 4 is 19.2 Å². The van der Waals surface area contributed by atoms with E-state index in [1.165, 1.54) is 0 Å². The van der Waals surface area contributed by atoms with Crippen LogP contribution in [0.1, 0.15) is 52.0 Å². The molecule has 2 heterocycles. The molecule has 1 N–H and O–H groups in total. The molecule has 0 spiro atoms. The Morgan fingerprint density at radius 3 is 2.68 bits per heavy atom. The lowest BCUT2D eigenvalue weighted by molar-refractivity contribution is -0.0370. The van der Waals surface area contributed by atoms with E-state index in [1.54, 1.807) is 0 Å². The Balaban J connectivity index is 1.97. The predicted octanol–water partition coefficient (Wildman–Crippen LogP) is 4.61. The van der Waals surface area contributed by atoms with Crippen molar-refractivity contribution < 1.29 is 14.3 Å². The van der Waals surface area contributed by atoms with Crippen molar-refractivity contribution in [3.8, 4) is 5.75 Å². The highest BCUT2D eigenvalue weighted by Gasteiger charge is 2.39. The summed E-state index contributed by atoms with van der Waals surface area (Å²) in [5.41, 5.74) is 1.68. The second kappa shape index (κ2) is 6.74. The van der Waals surface area contributed by atoms with Gasteiger partial charge in [0, 0.05) is 12.0 Å². The first-order chi connectivity index (χ1) is 11.7. The van der Waals surface area contributed by atoms with E-state index in [-0.39, 0.29) is 17.9 Å². The zero-order valence-electron chi connectivity index (χ0n) is 16.0. The summed E-state index contributed by atoms with van der Waals surface area (Å²) in [5.74, 6) is 0.859. The van der Waals surface area contributed by atoms with E-state index in [1.807, 2.05) is 22.9 Å². The monoisotopic (exact) mass is 362 g/mol. The van der Waals surface area contributed by atoms with Crippen LogP contribution in [0.15, 0.2) is 18.2 Å². The molecule has 3 rings (SSSR count). The number of hydrogen-bond donors (Lipinski definition) is 1. The van der Waals surface area contributed by atoms with Crippen molar-refractivity contribution in [2.45, 2.75) is 71.0 Å². The third kappa shape index (κ3) is 3.61. The first-order valence-electron chi connectivity index (χ1n) is 9.15. The second-order valence-electron chi connectivity index (χ2n) is 8.41. The summed E-state index contributed by atoms with van der Waals surface area (Å²) in [6.45, 7) is 11.9. The van der Waals surface area contributed by atoms with Crippen LogP contribution < -0.4 is 4.43 Å². The minimum Gasteiger partial charge on any atom is -0.543 e. The van der Waals surface area contributed by atoms with Gasteiger partial charge in [-0.15, -0.1) is 0 Å². The van der Waals surface area contributed by atoms with Crippen LogP contribution in [0.25, 0.3) is 10.9 Å². The normalized spacial score (nSPS) is 19.4. The van der Waals surface area contributed by atoms with E-state index in [9.17, 15) is 5.11 Å². The minimum absolute atomic E-state index is 0.0382. The number of aliphatic hydroxyl groups excluding tert-OH is 1. The van der Waals surface area contributed by atoms with Crippen molar-refractivity contribution in [2.75, 3.05) is 6.61 Å². The molecular formula is C19H30N2O3Si. The number of aromatic nitrogens is 2. The molecule has 2 aromatic rings. The summed E-state index contributed by atoms with van der Waals surface area (Å²) in [5, 5.41) is 15.5. The highest BCUT2D eigenvalue weighted by molar-refractivity contribution is 6.74. The maximum Gasteiger partial charge on any atom is 0.250 e. The van der Waals surface area contributed by atoms with Gasteiger partial charge in [0.05, 0.1) is 17.8 Å². The average molecular weight is 363 g/mol. The Bertz CT molecular complexity index is 743. The maximum absolute atomic E-state index is 9.75. The zero-order chi connectivity index (χ0) is 18.2. The largest absolute Gasteiger partial charge is 0.543 e. The molecule has 25 heavy (non-hydrogen) atoms. The molecule has 0 radical (unpaired) electrons. The third-order valence-corrected chi connectivity index (χ3v) is 9.87. The van der Waals surface area contributed by atoms with Crippen LogP contribution in [0.2, 0.25) is 18.1 Å². The zero-order valence-corrected chi connectivity index (χ0v) is 17.0. The molecule has 6 heteroatoms. The van der Waals surface area contributed by atoms with E-state index >= 15 is 0 Å². The average Bonchev–Trinajstić information content (AvgIpc) is 2.92. The van der Waals surface area contributed by atoms with Gasteiger partial charge in [0.1, 0.15) is 5.75 Å². The van der Waals surface area contributed by atoms with Gasteiger partial charge in [-0.1, -0.05) is 20.8 Å². The lowest BCUT2D eigenvalue weighted by atomic mass is 10.1. The van der Waals surface area contributed by atoms with Crippen LogP contribution in [0.5, 0.6) is 5.75 Å². The molecule has 1 aliphatic heterocycles. The fourth-order valence-corrected chi connectivity index (χ4v) is 3.97. The van der Waals surface area contributed by atoms with Gasteiger partial charge in [-0.25, -0.2) is 4.68 Å². The lowest BCUT2D eigenvalue weighted by Crippen LogP contribution is -2.43. The summed E-state index contributed by atoms with van der Waals surface area (Å²) in [7, 11) is -1.90. The maximum atomic E-state index is 9.75. The van der Waals surface area contributed by atoms with Gasteiger partial charge in [0.2, 0.25) is 8.32 Å². The molecule has 1 aliphatic rings. The number of nitrogens with zero attached hydrogens (tertiary/aromatic N) is 2. The Morgan fingerprint density at radius 2 is 2.08 bits per heavy atom. The van der Waals surface area contributed by atoms with Gasteiger partial charge in [-0.2, -0.15) is 5.10 Å². The molecular weight excluding hydrogens is 332 g/mol. The van der Waals surface area contributed by atoms with Gasteiger partial charge in [0.15, 0.2) is 6.23 Å². The molecule has 1 aromatic heterocycles. The van der Waals surface area contributed by atoms with Gasteiger partial charge in [-0.05, 0) is 55.6 Å². The van der Waals surface area contributed by atoms with Crippen molar-refractivity contribution in [2.24, 2.45) is 0 Å². The van der Waals surface area contributed by atoms with Crippen LogP contribution in [0.3, 0.4) is 0 Å². The SMILES string of the molecule is CC(C)(C)[Si](C)(C)Oc1ccc2c(c1)c(CO)nn2C1CCCCO1.